The van der Waals surface area contributed by atoms with Crippen LogP contribution in [0.3, 0.4) is 0 Å². The first-order chi connectivity index (χ1) is 12.5. The summed E-state index contributed by atoms with van der Waals surface area (Å²) in [6, 6.07) is 4.87. The summed E-state index contributed by atoms with van der Waals surface area (Å²) in [7, 11) is 0. The first kappa shape index (κ1) is 17.3. The second-order valence-electron chi connectivity index (χ2n) is 7.26. The molecule has 0 unspecified atom stereocenters. The summed E-state index contributed by atoms with van der Waals surface area (Å²) >= 11 is 5.93. The van der Waals surface area contributed by atoms with E-state index < -0.39 is 6.04 Å². The Hall–Kier alpha value is -2.15. The number of pyridine rings is 1. The number of carbonyl (C=O) groups excluding carboxylic acids is 1. The van der Waals surface area contributed by atoms with E-state index in [-0.39, 0.29) is 18.1 Å². The fourth-order valence-corrected chi connectivity index (χ4v) is 4.09. The number of hydrogen-bond acceptors (Lipinski definition) is 4. The maximum absolute atomic E-state index is 13.0. The Morgan fingerprint density at radius 2 is 2.19 bits per heavy atom. The average molecular weight is 376 g/mol. The molecule has 2 aromatic heterocycles. The highest BCUT2D eigenvalue weighted by molar-refractivity contribution is 6.29. The number of rotatable bonds is 3. The minimum atomic E-state index is -0.433. The molecule has 0 aliphatic carbocycles. The zero-order chi connectivity index (χ0) is 18.3. The molecule has 0 N–H and O–H groups in total. The molecule has 0 saturated carbocycles. The Balaban J connectivity index is 1.63. The molecule has 0 bridgehead atoms. The number of likely N-dealkylation sites (tertiary alicyclic amines) is 1. The second kappa shape index (κ2) is 6.87. The van der Waals surface area contributed by atoms with Crippen LogP contribution in [0.2, 0.25) is 5.15 Å². The van der Waals surface area contributed by atoms with Crippen molar-refractivity contribution in [2.45, 2.75) is 45.2 Å². The van der Waals surface area contributed by atoms with Crippen molar-refractivity contribution in [3.63, 3.8) is 0 Å². The van der Waals surface area contributed by atoms with Crippen LogP contribution in [0, 0.1) is 5.92 Å². The zero-order valence-corrected chi connectivity index (χ0v) is 15.5. The van der Waals surface area contributed by atoms with E-state index in [1.165, 1.54) is 4.68 Å². The Morgan fingerprint density at radius 1 is 1.35 bits per heavy atom. The highest BCUT2D eigenvalue weighted by Crippen LogP contribution is 2.26. The number of fused-ring (bicyclic) bond motifs is 1. The van der Waals surface area contributed by atoms with Gasteiger partial charge in [-0.25, -0.2) is 14.5 Å². The van der Waals surface area contributed by atoms with E-state index in [0.717, 1.165) is 25.9 Å². The van der Waals surface area contributed by atoms with Gasteiger partial charge in [-0.15, -0.1) is 0 Å². The lowest BCUT2D eigenvalue weighted by Crippen LogP contribution is -2.41. The summed E-state index contributed by atoms with van der Waals surface area (Å²) in [6.07, 6.45) is 3.30. The quantitative estimate of drug-likeness (QED) is 0.768. The van der Waals surface area contributed by atoms with E-state index in [0.29, 0.717) is 35.4 Å². The summed E-state index contributed by atoms with van der Waals surface area (Å²) in [6.45, 7) is 3.96. The Morgan fingerprint density at radius 3 is 2.92 bits per heavy atom. The number of carbonyl (C=O) groups is 1. The van der Waals surface area contributed by atoms with E-state index in [1.54, 1.807) is 16.7 Å². The third-order valence-electron chi connectivity index (χ3n) is 5.24. The number of hydrogen-bond donors (Lipinski definition) is 0. The Labute approximate surface area is 156 Å². The van der Waals surface area contributed by atoms with Gasteiger partial charge in [0, 0.05) is 19.5 Å². The fraction of sp³-hybridized carbons (Fsp3) is 0.556. The van der Waals surface area contributed by atoms with Crippen LogP contribution in [0.25, 0.3) is 0 Å². The summed E-state index contributed by atoms with van der Waals surface area (Å²) in [5.74, 6) is 1.27. The van der Waals surface area contributed by atoms with E-state index >= 15 is 0 Å². The standard InChI is InChI=1S/C18H22ClN5O2/c1-12-8-9-22(10-12)17(25)14-5-3-7-16-21-23(18(26)24(14)16)11-13-4-2-6-15(19)20-13/h2,4,6,12,14H,3,5,7-11H2,1H3/t12-,14-/m0/s1. The minimum absolute atomic E-state index is 0.0535. The van der Waals surface area contributed by atoms with Gasteiger partial charge in [0.25, 0.3) is 0 Å². The van der Waals surface area contributed by atoms with Crippen molar-refractivity contribution in [2.75, 3.05) is 13.1 Å². The van der Waals surface area contributed by atoms with Crippen LogP contribution >= 0.6 is 11.6 Å². The van der Waals surface area contributed by atoms with E-state index in [4.69, 9.17) is 11.6 Å². The van der Waals surface area contributed by atoms with Crippen molar-refractivity contribution in [1.29, 1.82) is 0 Å². The molecule has 2 aliphatic rings. The molecule has 2 atom stereocenters. The maximum Gasteiger partial charge on any atom is 0.347 e. The summed E-state index contributed by atoms with van der Waals surface area (Å²) < 4.78 is 2.99. The van der Waals surface area contributed by atoms with Crippen molar-refractivity contribution in [2.24, 2.45) is 5.92 Å². The smallest absolute Gasteiger partial charge is 0.341 e. The van der Waals surface area contributed by atoms with Crippen LogP contribution in [0.1, 0.15) is 43.7 Å². The number of nitrogens with zero attached hydrogens (tertiary/aromatic N) is 5. The molecule has 0 spiro atoms. The lowest BCUT2D eigenvalue weighted by molar-refractivity contribution is -0.134. The van der Waals surface area contributed by atoms with E-state index in [9.17, 15) is 9.59 Å². The molecule has 0 aromatic carbocycles. The van der Waals surface area contributed by atoms with Gasteiger partial charge in [0.05, 0.1) is 12.2 Å². The molecule has 1 saturated heterocycles. The molecule has 26 heavy (non-hydrogen) atoms. The fourth-order valence-electron chi connectivity index (χ4n) is 3.91. The SMILES string of the molecule is C[C@H]1CCN(C(=O)[C@@H]2CCCc3nn(Cc4cccc(Cl)n4)c(=O)n32)C1. The largest absolute Gasteiger partial charge is 0.347 e. The topological polar surface area (TPSA) is 73.0 Å². The van der Waals surface area contributed by atoms with Gasteiger partial charge in [-0.3, -0.25) is 9.36 Å². The number of halogens is 1. The lowest BCUT2D eigenvalue weighted by Gasteiger charge is -2.27. The number of amides is 1. The van der Waals surface area contributed by atoms with Crippen molar-refractivity contribution in [1.82, 2.24) is 24.2 Å². The molecule has 2 aromatic rings. The van der Waals surface area contributed by atoms with Gasteiger partial charge in [-0.05, 0) is 37.3 Å². The van der Waals surface area contributed by atoms with Crippen LogP contribution in [-0.2, 0) is 17.8 Å². The molecule has 0 radical (unpaired) electrons. The van der Waals surface area contributed by atoms with E-state index in [1.807, 2.05) is 11.0 Å². The van der Waals surface area contributed by atoms with Crippen LogP contribution in [0.4, 0.5) is 0 Å². The molecule has 1 amide bonds. The Kier molecular flexibility index (Phi) is 4.56. The minimum Gasteiger partial charge on any atom is -0.341 e. The maximum atomic E-state index is 13.0. The predicted octanol–water partition coefficient (Wildman–Crippen LogP) is 1.89. The van der Waals surface area contributed by atoms with Crippen molar-refractivity contribution in [3.05, 3.63) is 45.4 Å². The van der Waals surface area contributed by atoms with Gasteiger partial charge in [-0.1, -0.05) is 24.6 Å². The average Bonchev–Trinajstić information content (AvgIpc) is 3.18. The van der Waals surface area contributed by atoms with Gasteiger partial charge in [0.1, 0.15) is 17.0 Å². The Bertz CT molecular complexity index is 890. The third kappa shape index (κ3) is 3.16. The number of aryl methyl sites for hydroxylation is 1. The summed E-state index contributed by atoms with van der Waals surface area (Å²) in [5.41, 5.74) is 0.429. The molecule has 4 rings (SSSR count). The normalized spacial score (nSPS) is 22.5. The van der Waals surface area contributed by atoms with Gasteiger partial charge < -0.3 is 4.90 Å². The first-order valence-electron chi connectivity index (χ1n) is 9.11. The molecule has 7 nitrogen and oxygen atoms in total. The predicted molar refractivity (Wildman–Crippen MR) is 97.2 cm³/mol. The van der Waals surface area contributed by atoms with Gasteiger partial charge >= 0.3 is 5.69 Å². The van der Waals surface area contributed by atoms with Gasteiger partial charge in [0.15, 0.2) is 0 Å². The van der Waals surface area contributed by atoms with Gasteiger partial charge in [-0.2, -0.15) is 5.10 Å². The highest BCUT2D eigenvalue weighted by Gasteiger charge is 2.35. The van der Waals surface area contributed by atoms with Crippen LogP contribution in [0.15, 0.2) is 23.0 Å². The van der Waals surface area contributed by atoms with Crippen molar-refractivity contribution < 1.29 is 4.79 Å². The lowest BCUT2D eigenvalue weighted by atomic mass is 10.0. The van der Waals surface area contributed by atoms with Gasteiger partial charge in [0.2, 0.25) is 5.91 Å². The second-order valence-corrected chi connectivity index (χ2v) is 7.65. The molecular weight excluding hydrogens is 354 g/mol. The molecule has 4 heterocycles. The number of aromatic nitrogens is 4. The highest BCUT2D eigenvalue weighted by atomic mass is 35.5. The monoisotopic (exact) mass is 375 g/mol. The summed E-state index contributed by atoms with van der Waals surface area (Å²) in [5, 5.41) is 4.85. The van der Waals surface area contributed by atoms with E-state index in [2.05, 4.69) is 17.0 Å². The van der Waals surface area contributed by atoms with Crippen molar-refractivity contribution >= 4 is 17.5 Å². The third-order valence-corrected chi connectivity index (χ3v) is 5.45. The molecule has 2 aliphatic heterocycles. The molecule has 138 valence electrons. The molecule has 8 heteroatoms. The zero-order valence-electron chi connectivity index (χ0n) is 14.8. The molecular formula is C18H22ClN5O2. The summed E-state index contributed by atoms with van der Waals surface area (Å²) in [4.78, 5) is 32.0. The molecule has 1 fully saturated rings. The first-order valence-corrected chi connectivity index (χ1v) is 9.49. The van der Waals surface area contributed by atoms with Crippen LogP contribution < -0.4 is 5.69 Å². The van der Waals surface area contributed by atoms with Crippen LogP contribution in [-0.4, -0.2) is 43.2 Å². The van der Waals surface area contributed by atoms with Crippen molar-refractivity contribution in [3.8, 4) is 0 Å². The van der Waals surface area contributed by atoms with Crippen LogP contribution in [0.5, 0.6) is 0 Å².